The molecule has 6 rings (SSSR count). The fourth-order valence-electron chi connectivity index (χ4n) is 7.88. The fraction of sp³-hybridized carbons (Fsp3) is 0.562. The molecule has 0 radical (unpaired) electrons. The fourth-order valence-corrected chi connectivity index (χ4v) is 7.88. The van der Waals surface area contributed by atoms with Crippen molar-refractivity contribution < 1.29 is 29.3 Å². The van der Waals surface area contributed by atoms with Crippen molar-refractivity contribution in [3.63, 3.8) is 0 Å². The Morgan fingerprint density at radius 1 is 0.632 bits per heavy atom. The van der Waals surface area contributed by atoms with E-state index in [0.29, 0.717) is 13.2 Å². The monoisotopic (exact) mass is 520 g/mol. The summed E-state index contributed by atoms with van der Waals surface area (Å²) >= 11 is 0. The first kappa shape index (κ1) is 27.2. The zero-order chi connectivity index (χ0) is 27.3. The van der Waals surface area contributed by atoms with E-state index in [2.05, 4.69) is 0 Å². The van der Waals surface area contributed by atoms with E-state index in [4.69, 9.17) is 9.47 Å². The summed E-state index contributed by atoms with van der Waals surface area (Å²) in [5.41, 5.74) is -2.29. The Hall–Kier alpha value is -2.38. The number of fused-ring (bicyclic) bond motifs is 2. The normalized spacial score (nSPS) is 42.2. The van der Waals surface area contributed by atoms with E-state index >= 15 is 0 Å². The van der Waals surface area contributed by atoms with Gasteiger partial charge in [0.05, 0.1) is 0 Å². The Bertz CT molecular complexity index is 1080. The highest BCUT2D eigenvalue weighted by atomic mass is 16.5. The number of benzene rings is 2. The van der Waals surface area contributed by atoms with Gasteiger partial charge in [-0.2, -0.15) is 0 Å². The quantitative estimate of drug-likeness (QED) is 0.602. The zero-order valence-electron chi connectivity index (χ0n) is 22.9. The van der Waals surface area contributed by atoms with Crippen molar-refractivity contribution in [1.29, 1.82) is 0 Å². The molecule has 4 fully saturated rings. The summed E-state index contributed by atoms with van der Waals surface area (Å²) < 4.78 is 11.6. The number of carbonyl (C=O) groups is 2. The standard InChI is InChI=1S/2C16H20O3/c2*1-15(18)13(11-7-4-3-5-8-11)12-9-6-10-19-16(12,2)14(15)17/h2*3-5,7-8,12-13,18H,6,9-10H2,1-2H3/t2*12-,13-,15+,16-/m10/s1. The third kappa shape index (κ3) is 4.08. The van der Waals surface area contributed by atoms with Gasteiger partial charge < -0.3 is 19.7 Å². The molecule has 0 amide bonds. The molecular formula is C32H40O6. The Morgan fingerprint density at radius 3 is 1.32 bits per heavy atom. The molecule has 8 atom stereocenters. The molecule has 2 aliphatic carbocycles. The lowest BCUT2D eigenvalue weighted by atomic mass is 9.76. The molecular weight excluding hydrogens is 480 g/mol. The number of hydrogen-bond acceptors (Lipinski definition) is 6. The van der Waals surface area contributed by atoms with Crippen molar-refractivity contribution in [3.05, 3.63) is 71.8 Å². The van der Waals surface area contributed by atoms with Crippen molar-refractivity contribution in [2.75, 3.05) is 13.2 Å². The second-order valence-electron chi connectivity index (χ2n) is 12.1. The van der Waals surface area contributed by atoms with E-state index in [0.717, 1.165) is 36.8 Å². The van der Waals surface area contributed by atoms with Gasteiger partial charge in [-0.3, -0.25) is 9.59 Å². The van der Waals surface area contributed by atoms with Crippen LogP contribution in [0.5, 0.6) is 0 Å². The molecule has 6 nitrogen and oxygen atoms in total. The van der Waals surface area contributed by atoms with Gasteiger partial charge >= 0.3 is 0 Å². The summed E-state index contributed by atoms with van der Waals surface area (Å²) in [5, 5.41) is 21.5. The van der Waals surface area contributed by atoms with Crippen LogP contribution >= 0.6 is 0 Å². The molecule has 2 saturated carbocycles. The van der Waals surface area contributed by atoms with Gasteiger partial charge in [0.1, 0.15) is 22.4 Å². The molecule has 2 saturated heterocycles. The Kier molecular flexibility index (Phi) is 6.92. The summed E-state index contributed by atoms with van der Waals surface area (Å²) in [7, 11) is 0. The van der Waals surface area contributed by atoms with Crippen LogP contribution in [0.25, 0.3) is 0 Å². The van der Waals surface area contributed by atoms with Crippen LogP contribution in [-0.2, 0) is 19.1 Å². The largest absolute Gasteiger partial charge is 0.382 e. The van der Waals surface area contributed by atoms with Gasteiger partial charge in [-0.25, -0.2) is 0 Å². The maximum Gasteiger partial charge on any atom is 0.196 e. The summed E-state index contributed by atoms with van der Waals surface area (Å²) in [6.45, 7) is 8.18. The highest BCUT2D eigenvalue weighted by Crippen LogP contribution is 2.55. The molecule has 0 unspecified atom stereocenters. The van der Waals surface area contributed by atoms with Crippen LogP contribution < -0.4 is 0 Å². The Morgan fingerprint density at radius 2 is 0.974 bits per heavy atom. The highest BCUT2D eigenvalue weighted by molar-refractivity contribution is 5.99. The topological polar surface area (TPSA) is 93.1 Å². The zero-order valence-corrected chi connectivity index (χ0v) is 22.9. The minimum Gasteiger partial charge on any atom is -0.382 e. The second kappa shape index (κ2) is 9.67. The lowest BCUT2D eigenvalue weighted by molar-refractivity contribution is -0.157. The summed E-state index contributed by atoms with van der Waals surface area (Å²) in [4.78, 5) is 25.2. The number of aliphatic hydroxyl groups is 2. The van der Waals surface area contributed by atoms with Crippen LogP contribution in [0.1, 0.15) is 76.3 Å². The average Bonchev–Trinajstić information content (AvgIpc) is 3.18. The van der Waals surface area contributed by atoms with Crippen LogP contribution in [0.3, 0.4) is 0 Å². The number of Topliss-reactive ketones (excluding diaryl/α,β-unsaturated/α-hetero) is 2. The lowest BCUT2D eigenvalue weighted by Gasteiger charge is -2.36. The predicted octanol–water partition coefficient (Wildman–Crippen LogP) is 4.58. The van der Waals surface area contributed by atoms with Gasteiger partial charge in [-0.15, -0.1) is 0 Å². The molecule has 4 aliphatic rings. The van der Waals surface area contributed by atoms with Gasteiger partial charge in [0.15, 0.2) is 11.6 Å². The molecule has 204 valence electrons. The summed E-state index contributed by atoms with van der Waals surface area (Å²) in [6, 6.07) is 19.7. The minimum absolute atomic E-state index is 0.0612. The third-order valence-corrected chi connectivity index (χ3v) is 9.69. The van der Waals surface area contributed by atoms with Crippen LogP contribution in [0, 0.1) is 11.8 Å². The van der Waals surface area contributed by atoms with Crippen molar-refractivity contribution in [1.82, 2.24) is 0 Å². The van der Waals surface area contributed by atoms with Crippen LogP contribution in [-0.4, -0.2) is 57.4 Å². The smallest absolute Gasteiger partial charge is 0.196 e. The molecule has 2 N–H and O–H groups in total. The molecule has 0 spiro atoms. The molecule has 2 aromatic rings. The summed E-state index contributed by atoms with van der Waals surface area (Å²) in [6.07, 6.45) is 3.76. The average molecular weight is 521 g/mol. The van der Waals surface area contributed by atoms with Crippen molar-refractivity contribution in [3.8, 4) is 0 Å². The maximum absolute atomic E-state index is 12.6. The molecule has 0 aromatic heterocycles. The van der Waals surface area contributed by atoms with Crippen LogP contribution in [0.15, 0.2) is 60.7 Å². The number of carbonyl (C=O) groups excluding carboxylic acids is 2. The molecule has 0 bridgehead atoms. The molecule has 2 aromatic carbocycles. The Balaban J connectivity index is 0.000000155. The first-order valence-electron chi connectivity index (χ1n) is 13.9. The number of ether oxygens (including phenoxy) is 2. The predicted molar refractivity (Wildman–Crippen MR) is 144 cm³/mol. The minimum atomic E-state index is -1.34. The first-order chi connectivity index (χ1) is 18.0. The first-order valence-corrected chi connectivity index (χ1v) is 13.9. The van der Waals surface area contributed by atoms with E-state index in [1.807, 2.05) is 74.5 Å². The van der Waals surface area contributed by atoms with E-state index in [-0.39, 0.29) is 35.2 Å². The molecule has 2 heterocycles. The van der Waals surface area contributed by atoms with E-state index < -0.39 is 22.4 Å². The van der Waals surface area contributed by atoms with Crippen molar-refractivity contribution >= 4 is 11.6 Å². The number of hydrogen-bond donors (Lipinski definition) is 2. The van der Waals surface area contributed by atoms with Gasteiger partial charge in [-0.05, 0) is 64.5 Å². The second-order valence-corrected chi connectivity index (χ2v) is 12.1. The van der Waals surface area contributed by atoms with Crippen molar-refractivity contribution in [2.45, 2.75) is 87.6 Å². The maximum atomic E-state index is 12.6. The van der Waals surface area contributed by atoms with Crippen molar-refractivity contribution in [2.24, 2.45) is 11.8 Å². The summed E-state index contributed by atoms with van der Waals surface area (Å²) in [5.74, 6) is -0.563. The molecule has 6 heteroatoms. The van der Waals surface area contributed by atoms with E-state index in [9.17, 15) is 19.8 Å². The molecule has 38 heavy (non-hydrogen) atoms. The third-order valence-electron chi connectivity index (χ3n) is 9.69. The SMILES string of the molecule is C[C@@]12OCCC[C@@H]1[C@@H](c1ccccc1)[C@](C)(O)C2=O.C[C@]1(O)C(=O)[C@@]2(C)OCCC[C@H]2[C@@H]1c1ccccc1. The number of rotatable bonds is 2. The van der Waals surface area contributed by atoms with Crippen LogP contribution in [0.4, 0.5) is 0 Å². The van der Waals surface area contributed by atoms with E-state index in [1.165, 1.54) is 0 Å². The van der Waals surface area contributed by atoms with Gasteiger partial charge in [-0.1, -0.05) is 60.7 Å². The highest BCUT2D eigenvalue weighted by Gasteiger charge is 2.66. The lowest BCUT2D eigenvalue weighted by Crippen LogP contribution is -2.47. The Labute approximate surface area is 225 Å². The van der Waals surface area contributed by atoms with Gasteiger partial charge in [0.2, 0.25) is 0 Å². The van der Waals surface area contributed by atoms with E-state index in [1.54, 1.807) is 13.8 Å². The van der Waals surface area contributed by atoms with Gasteiger partial charge in [0, 0.05) is 36.9 Å². The van der Waals surface area contributed by atoms with Gasteiger partial charge in [0.25, 0.3) is 0 Å². The molecule has 2 aliphatic heterocycles. The van der Waals surface area contributed by atoms with Crippen LogP contribution in [0.2, 0.25) is 0 Å². The number of ketones is 2.